The molecule has 1 N–H and O–H groups in total. The minimum atomic E-state index is -3.67. The highest BCUT2D eigenvalue weighted by Crippen LogP contribution is 2.30. The van der Waals surface area contributed by atoms with E-state index in [2.05, 4.69) is 5.32 Å². The fraction of sp³-hybridized carbons (Fsp3) is 0.412. The lowest BCUT2D eigenvalue weighted by atomic mass is 10.0. The van der Waals surface area contributed by atoms with Crippen molar-refractivity contribution >= 4 is 27.5 Å². The van der Waals surface area contributed by atoms with Crippen LogP contribution in [-0.2, 0) is 32.6 Å². The molecule has 3 aromatic carbocycles. The van der Waals surface area contributed by atoms with Gasteiger partial charge in [0, 0.05) is 32.0 Å². The molecule has 2 amide bonds. The number of amides is 2. The third-order valence-corrected chi connectivity index (χ3v) is 8.53. The highest BCUT2D eigenvalue weighted by molar-refractivity contribution is 7.92. The van der Waals surface area contributed by atoms with Crippen LogP contribution in [-0.4, -0.2) is 63.7 Å². The van der Waals surface area contributed by atoms with Crippen LogP contribution in [0.5, 0.6) is 11.5 Å². The van der Waals surface area contributed by atoms with E-state index in [0.29, 0.717) is 30.2 Å². The zero-order chi connectivity index (χ0) is 32.1. The molecule has 0 aliphatic rings. The standard InChI is InChI=1S/C34H45N3O6S/c1-6-26(3)35-34(39)31(24-27-15-9-8-10-16-27)36(25-28-17-13-18-29(23-28)42-4)33(38)21-14-22-37(44(5,40)41)30-19-11-12-20-32(30)43-7-2/h8-13,15-20,23,26,31H,6-7,14,21-22,24-25H2,1-5H3,(H,35,39)/t26-,31-/m1/s1. The average Bonchev–Trinajstić information content (AvgIpc) is 3.01. The fourth-order valence-electron chi connectivity index (χ4n) is 4.89. The number of nitrogens with zero attached hydrogens (tertiary/aromatic N) is 2. The fourth-order valence-corrected chi connectivity index (χ4v) is 5.85. The smallest absolute Gasteiger partial charge is 0.243 e. The first kappa shape index (κ1) is 34.4. The Bertz CT molecular complexity index is 1460. The van der Waals surface area contributed by atoms with Gasteiger partial charge in [-0.3, -0.25) is 13.9 Å². The Labute approximate surface area is 262 Å². The van der Waals surface area contributed by atoms with Crippen molar-refractivity contribution in [1.29, 1.82) is 0 Å². The number of benzene rings is 3. The molecule has 0 spiro atoms. The molecule has 0 aliphatic carbocycles. The number of carbonyl (C=O) groups is 2. The third-order valence-electron chi connectivity index (χ3n) is 7.35. The van der Waals surface area contributed by atoms with Crippen molar-refractivity contribution in [2.24, 2.45) is 0 Å². The van der Waals surface area contributed by atoms with Crippen LogP contribution in [0.3, 0.4) is 0 Å². The van der Waals surface area contributed by atoms with Crippen molar-refractivity contribution in [1.82, 2.24) is 10.2 Å². The van der Waals surface area contributed by atoms with Crippen molar-refractivity contribution in [3.8, 4) is 11.5 Å². The molecule has 0 fully saturated rings. The van der Waals surface area contributed by atoms with Gasteiger partial charge >= 0.3 is 0 Å². The number of rotatable bonds is 17. The summed E-state index contributed by atoms with van der Waals surface area (Å²) in [4.78, 5) is 29.4. The number of anilines is 1. The van der Waals surface area contributed by atoms with E-state index in [1.807, 2.05) is 75.4 Å². The van der Waals surface area contributed by atoms with Gasteiger partial charge in [-0.15, -0.1) is 0 Å². The first-order valence-electron chi connectivity index (χ1n) is 15.0. The molecule has 0 heterocycles. The summed E-state index contributed by atoms with van der Waals surface area (Å²) < 4.78 is 38.0. The van der Waals surface area contributed by atoms with Crippen LogP contribution in [0.2, 0.25) is 0 Å². The Morgan fingerprint density at radius 1 is 0.932 bits per heavy atom. The maximum atomic E-state index is 14.1. The molecule has 0 saturated heterocycles. The number of ether oxygens (including phenoxy) is 2. The maximum absolute atomic E-state index is 14.1. The number of nitrogens with one attached hydrogen (secondary N) is 1. The van der Waals surface area contributed by atoms with Crippen molar-refractivity contribution in [2.45, 2.75) is 65.1 Å². The quantitative estimate of drug-likeness (QED) is 0.222. The highest BCUT2D eigenvalue weighted by atomic mass is 32.2. The topological polar surface area (TPSA) is 105 Å². The monoisotopic (exact) mass is 623 g/mol. The van der Waals surface area contributed by atoms with E-state index < -0.39 is 16.1 Å². The van der Waals surface area contributed by atoms with Crippen molar-refractivity contribution < 1.29 is 27.5 Å². The van der Waals surface area contributed by atoms with Gasteiger partial charge in [0.1, 0.15) is 17.5 Å². The molecule has 44 heavy (non-hydrogen) atoms. The Hall–Kier alpha value is -4.05. The predicted molar refractivity (Wildman–Crippen MR) is 174 cm³/mol. The first-order chi connectivity index (χ1) is 21.1. The lowest BCUT2D eigenvalue weighted by Crippen LogP contribution is -2.52. The zero-order valence-electron chi connectivity index (χ0n) is 26.4. The number of carbonyl (C=O) groups excluding carboxylic acids is 2. The molecule has 0 saturated carbocycles. The molecule has 3 rings (SSSR count). The third kappa shape index (κ3) is 10.0. The van der Waals surface area contributed by atoms with Gasteiger partial charge in [-0.05, 0) is 62.1 Å². The number of hydrogen-bond donors (Lipinski definition) is 1. The van der Waals surface area contributed by atoms with Crippen molar-refractivity contribution in [3.63, 3.8) is 0 Å². The molecule has 0 aromatic heterocycles. The van der Waals surface area contributed by atoms with Crippen LogP contribution in [0, 0.1) is 0 Å². The van der Waals surface area contributed by atoms with E-state index in [-0.39, 0.29) is 43.8 Å². The second-order valence-electron chi connectivity index (χ2n) is 10.7. The van der Waals surface area contributed by atoms with Gasteiger partial charge in [-0.2, -0.15) is 0 Å². The highest BCUT2D eigenvalue weighted by Gasteiger charge is 2.31. The molecule has 0 aliphatic heterocycles. The van der Waals surface area contributed by atoms with Crippen LogP contribution in [0.15, 0.2) is 78.9 Å². The minimum absolute atomic E-state index is 0.0364. The summed E-state index contributed by atoms with van der Waals surface area (Å²) >= 11 is 0. The Morgan fingerprint density at radius 3 is 2.27 bits per heavy atom. The molecule has 0 unspecified atom stereocenters. The molecule has 2 atom stereocenters. The van der Waals surface area contributed by atoms with Crippen LogP contribution in [0.25, 0.3) is 0 Å². The van der Waals surface area contributed by atoms with Crippen LogP contribution in [0.4, 0.5) is 5.69 Å². The van der Waals surface area contributed by atoms with Gasteiger partial charge in [-0.25, -0.2) is 8.42 Å². The lowest BCUT2D eigenvalue weighted by Gasteiger charge is -2.33. The number of methoxy groups -OCH3 is 1. The van der Waals surface area contributed by atoms with Gasteiger partial charge in [0.2, 0.25) is 21.8 Å². The number of sulfonamides is 1. The van der Waals surface area contributed by atoms with Gasteiger partial charge in [-0.1, -0.05) is 61.5 Å². The molecular weight excluding hydrogens is 578 g/mol. The first-order valence-corrected chi connectivity index (χ1v) is 16.9. The summed E-state index contributed by atoms with van der Waals surface area (Å²) in [5, 5.41) is 3.07. The summed E-state index contributed by atoms with van der Waals surface area (Å²) in [5.41, 5.74) is 2.17. The number of para-hydroxylation sites is 2. The summed E-state index contributed by atoms with van der Waals surface area (Å²) in [6.07, 6.45) is 2.50. The Balaban J connectivity index is 1.92. The van der Waals surface area contributed by atoms with E-state index in [1.54, 1.807) is 36.3 Å². The summed E-state index contributed by atoms with van der Waals surface area (Å²) in [6.45, 7) is 6.40. The second kappa shape index (κ2) is 16.7. The SMILES string of the molecule is CCOc1ccccc1N(CCCC(=O)N(Cc1cccc(OC)c1)[C@H](Cc1ccccc1)C(=O)N[C@H](C)CC)S(C)(=O)=O. The van der Waals surface area contributed by atoms with E-state index >= 15 is 0 Å². The molecule has 9 nitrogen and oxygen atoms in total. The largest absolute Gasteiger partial charge is 0.497 e. The Kier molecular flexibility index (Phi) is 13.1. The second-order valence-corrected chi connectivity index (χ2v) is 12.6. The van der Waals surface area contributed by atoms with Crippen molar-refractivity contribution in [2.75, 3.05) is 30.8 Å². The minimum Gasteiger partial charge on any atom is -0.497 e. The van der Waals surface area contributed by atoms with E-state index in [1.165, 1.54) is 4.31 Å². The van der Waals surface area contributed by atoms with Gasteiger partial charge in [0.05, 0.1) is 25.7 Å². The van der Waals surface area contributed by atoms with E-state index in [4.69, 9.17) is 9.47 Å². The van der Waals surface area contributed by atoms with Crippen LogP contribution in [0.1, 0.15) is 51.2 Å². The molecular formula is C34H45N3O6S. The van der Waals surface area contributed by atoms with E-state index in [9.17, 15) is 18.0 Å². The summed E-state index contributed by atoms with van der Waals surface area (Å²) in [7, 11) is -2.09. The molecule has 10 heteroatoms. The summed E-state index contributed by atoms with van der Waals surface area (Å²) in [5.74, 6) is 0.619. The number of hydrogen-bond acceptors (Lipinski definition) is 6. The average molecular weight is 624 g/mol. The zero-order valence-corrected chi connectivity index (χ0v) is 27.2. The van der Waals surface area contributed by atoms with Gasteiger partial charge in [0.25, 0.3) is 0 Å². The van der Waals surface area contributed by atoms with Crippen LogP contribution < -0.4 is 19.1 Å². The molecule has 238 valence electrons. The molecule has 0 bridgehead atoms. The van der Waals surface area contributed by atoms with Gasteiger partial charge in [0.15, 0.2) is 0 Å². The Morgan fingerprint density at radius 2 is 1.61 bits per heavy atom. The van der Waals surface area contributed by atoms with Crippen molar-refractivity contribution in [3.05, 3.63) is 90.0 Å². The van der Waals surface area contributed by atoms with Gasteiger partial charge < -0.3 is 19.7 Å². The maximum Gasteiger partial charge on any atom is 0.243 e. The van der Waals surface area contributed by atoms with Crippen LogP contribution >= 0.6 is 0 Å². The normalized spacial score (nSPS) is 12.6. The molecule has 0 radical (unpaired) electrons. The predicted octanol–water partition coefficient (Wildman–Crippen LogP) is 5.19. The van der Waals surface area contributed by atoms with E-state index in [0.717, 1.165) is 23.8 Å². The molecule has 3 aromatic rings. The lowest BCUT2D eigenvalue weighted by molar-refractivity contribution is -0.141. The summed E-state index contributed by atoms with van der Waals surface area (Å²) in [6, 6.07) is 23.1.